The first-order valence-corrected chi connectivity index (χ1v) is 7.91. The first-order valence-electron chi connectivity index (χ1n) is 7.91. The predicted octanol–water partition coefficient (Wildman–Crippen LogP) is 2.98. The zero-order valence-electron chi connectivity index (χ0n) is 11.5. The summed E-state index contributed by atoms with van der Waals surface area (Å²) in [7, 11) is 0. The summed E-state index contributed by atoms with van der Waals surface area (Å²) in [6.45, 7) is 1.77. The van der Waals surface area contributed by atoms with Gasteiger partial charge in [0.2, 0.25) is 0 Å². The SMILES string of the molecule is C1CCC(NC[C@H]2COC3(CCCCC3)O2)CC1. The fraction of sp³-hybridized carbons (Fsp3) is 1.00. The minimum Gasteiger partial charge on any atom is -0.347 e. The molecule has 1 atom stereocenters. The normalized spacial score (nSPS) is 33.0. The van der Waals surface area contributed by atoms with E-state index in [4.69, 9.17) is 9.47 Å². The highest BCUT2D eigenvalue weighted by atomic mass is 16.7. The van der Waals surface area contributed by atoms with Gasteiger partial charge >= 0.3 is 0 Å². The van der Waals surface area contributed by atoms with E-state index in [0.29, 0.717) is 0 Å². The van der Waals surface area contributed by atoms with E-state index in [0.717, 1.165) is 32.0 Å². The molecule has 0 amide bonds. The van der Waals surface area contributed by atoms with Gasteiger partial charge in [-0.15, -0.1) is 0 Å². The Kier molecular flexibility index (Phi) is 4.22. The maximum atomic E-state index is 6.20. The molecule has 3 rings (SSSR count). The van der Waals surface area contributed by atoms with Crippen LogP contribution in [0.1, 0.15) is 64.2 Å². The molecule has 1 N–H and O–H groups in total. The molecule has 0 bridgehead atoms. The average molecular weight is 253 g/mol. The fourth-order valence-electron chi connectivity index (χ4n) is 3.67. The monoisotopic (exact) mass is 253 g/mol. The van der Waals surface area contributed by atoms with Crippen LogP contribution in [0.4, 0.5) is 0 Å². The number of nitrogens with one attached hydrogen (secondary N) is 1. The summed E-state index contributed by atoms with van der Waals surface area (Å²) in [6, 6.07) is 0.727. The molecule has 1 spiro atoms. The molecule has 0 unspecified atom stereocenters. The Balaban J connectivity index is 1.41. The lowest BCUT2D eigenvalue weighted by molar-refractivity contribution is -0.186. The molecule has 0 aromatic carbocycles. The van der Waals surface area contributed by atoms with Gasteiger partial charge < -0.3 is 14.8 Å². The van der Waals surface area contributed by atoms with Gasteiger partial charge in [0.1, 0.15) is 0 Å². The second-order valence-corrected chi connectivity index (χ2v) is 6.27. The molecule has 0 aromatic rings. The Morgan fingerprint density at radius 2 is 1.67 bits per heavy atom. The lowest BCUT2D eigenvalue weighted by Gasteiger charge is -2.32. The number of ether oxygens (including phenoxy) is 2. The molecule has 3 aliphatic rings. The maximum absolute atomic E-state index is 6.20. The van der Waals surface area contributed by atoms with E-state index in [1.54, 1.807) is 0 Å². The van der Waals surface area contributed by atoms with E-state index in [1.165, 1.54) is 51.4 Å². The third kappa shape index (κ3) is 3.06. The van der Waals surface area contributed by atoms with Crippen LogP contribution in [0.15, 0.2) is 0 Å². The van der Waals surface area contributed by atoms with Crippen LogP contribution in [0.3, 0.4) is 0 Å². The minimum absolute atomic E-state index is 0.197. The molecular formula is C15H27NO2. The van der Waals surface area contributed by atoms with Crippen molar-refractivity contribution in [1.29, 1.82) is 0 Å². The van der Waals surface area contributed by atoms with Crippen LogP contribution in [0.5, 0.6) is 0 Å². The highest BCUT2D eigenvalue weighted by molar-refractivity contribution is 4.84. The number of hydrogen-bond donors (Lipinski definition) is 1. The summed E-state index contributed by atoms with van der Waals surface area (Å²) in [4.78, 5) is 0. The van der Waals surface area contributed by atoms with Gasteiger partial charge in [-0.05, 0) is 25.7 Å². The Morgan fingerprint density at radius 1 is 0.944 bits per heavy atom. The van der Waals surface area contributed by atoms with E-state index >= 15 is 0 Å². The predicted molar refractivity (Wildman–Crippen MR) is 71.5 cm³/mol. The number of hydrogen-bond acceptors (Lipinski definition) is 3. The van der Waals surface area contributed by atoms with E-state index < -0.39 is 0 Å². The van der Waals surface area contributed by atoms with Crippen LogP contribution < -0.4 is 5.32 Å². The van der Waals surface area contributed by atoms with E-state index in [9.17, 15) is 0 Å². The second kappa shape index (κ2) is 5.89. The molecule has 104 valence electrons. The van der Waals surface area contributed by atoms with Gasteiger partial charge in [-0.2, -0.15) is 0 Å². The van der Waals surface area contributed by atoms with Gasteiger partial charge in [0.15, 0.2) is 5.79 Å². The van der Waals surface area contributed by atoms with Crippen molar-refractivity contribution in [2.24, 2.45) is 0 Å². The molecule has 2 aliphatic carbocycles. The van der Waals surface area contributed by atoms with Crippen LogP contribution in [-0.4, -0.2) is 31.1 Å². The van der Waals surface area contributed by atoms with Gasteiger partial charge in [0, 0.05) is 25.4 Å². The zero-order chi connectivity index (χ0) is 12.3. The van der Waals surface area contributed by atoms with E-state index in [1.807, 2.05) is 0 Å². The molecule has 0 aromatic heterocycles. The van der Waals surface area contributed by atoms with Crippen molar-refractivity contribution in [1.82, 2.24) is 5.32 Å². The zero-order valence-corrected chi connectivity index (χ0v) is 11.5. The third-order valence-corrected chi connectivity index (χ3v) is 4.77. The summed E-state index contributed by atoms with van der Waals surface area (Å²) in [5, 5.41) is 3.68. The summed E-state index contributed by atoms with van der Waals surface area (Å²) >= 11 is 0. The van der Waals surface area contributed by atoms with Crippen molar-refractivity contribution in [3.63, 3.8) is 0 Å². The molecule has 3 fully saturated rings. The van der Waals surface area contributed by atoms with Gasteiger partial charge in [-0.1, -0.05) is 25.7 Å². The van der Waals surface area contributed by atoms with Crippen molar-refractivity contribution < 1.29 is 9.47 Å². The van der Waals surface area contributed by atoms with Crippen LogP contribution in [0.2, 0.25) is 0 Å². The van der Waals surface area contributed by atoms with Crippen molar-refractivity contribution in [3.05, 3.63) is 0 Å². The van der Waals surface area contributed by atoms with E-state index in [2.05, 4.69) is 5.32 Å². The minimum atomic E-state index is -0.197. The topological polar surface area (TPSA) is 30.5 Å². The standard InChI is InChI=1S/C15H27NO2/c1-3-7-13(8-4-1)16-11-14-12-17-15(18-14)9-5-2-6-10-15/h13-14,16H,1-12H2/t14-/m0/s1. The van der Waals surface area contributed by atoms with Crippen LogP contribution in [0.25, 0.3) is 0 Å². The molecule has 2 saturated carbocycles. The lowest BCUT2D eigenvalue weighted by atomic mass is 9.94. The van der Waals surface area contributed by atoms with Crippen LogP contribution >= 0.6 is 0 Å². The molecule has 3 nitrogen and oxygen atoms in total. The molecule has 1 saturated heterocycles. The molecule has 3 heteroatoms. The van der Waals surface area contributed by atoms with Crippen molar-refractivity contribution >= 4 is 0 Å². The smallest absolute Gasteiger partial charge is 0.168 e. The average Bonchev–Trinajstić information content (AvgIpc) is 2.82. The first kappa shape index (κ1) is 12.9. The molecule has 1 aliphatic heterocycles. The van der Waals surface area contributed by atoms with Crippen LogP contribution in [0, 0.1) is 0 Å². The largest absolute Gasteiger partial charge is 0.347 e. The Hall–Kier alpha value is -0.120. The Morgan fingerprint density at radius 3 is 2.44 bits per heavy atom. The van der Waals surface area contributed by atoms with Crippen molar-refractivity contribution in [2.45, 2.75) is 82.1 Å². The quantitative estimate of drug-likeness (QED) is 0.838. The molecule has 18 heavy (non-hydrogen) atoms. The lowest BCUT2D eigenvalue weighted by Crippen LogP contribution is -2.39. The van der Waals surface area contributed by atoms with Gasteiger partial charge in [0.05, 0.1) is 12.7 Å². The summed E-state index contributed by atoms with van der Waals surface area (Å²) in [5.74, 6) is -0.197. The third-order valence-electron chi connectivity index (χ3n) is 4.77. The van der Waals surface area contributed by atoms with Gasteiger partial charge in [-0.3, -0.25) is 0 Å². The van der Waals surface area contributed by atoms with Gasteiger partial charge in [-0.25, -0.2) is 0 Å². The fourth-order valence-corrected chi connectivity index (χ4v) is 3.67. The second-order valence-electron chi connectivity index (χ2n) is 6.27. The van der Waals surface area contributed by atoms with Crippen LogP contribution in [-0.2, 0) is 9.47 Å². The first-order chi connectivity index (χ1) is 8.86. The van der Waals surface area contributed by atoms with Crippen molar-refractivity contribution in [2.75, 3.05) is 13.2 Å². The Labute approximate surface area is 111 Å². The molecule has 1 heterocycles. The molecular weight excluding hydrogens is 226 g/mol. The highest BCUT2D eigenvalue weighted by Crippen LogP contribution is 2.37. The highest BCUT2D eigenvalue weighted by Gasteiger charge is 2.42. The van der Waals surface area contributed by atoms with Gasteiger partial charge in [0.25, 0.3) is 0 Å². The summed E-state index contributed by atoms with van der Waals surface area (Å²) < 4.78 is 12.2. The van der Waals surface area contributed by atoms with Crippen molar-refractivity contribution in [3.8, 4) is 0 Å². The summed E-state index contributed by atoms with van der Waals surface area (Å²) in [6.07, 6.45) is 13.3. The maximum Gasteiger partial charge on any atom is 0.168 e. The van der Waals surface area contributed by atoms with E-state index in [-0.39, 0.29) is 11.9 Å². The summed E-state index contributed by atoms with van der Waals surface area (Å²) in [5.41, 5.74) is 0. The number of rotatable bonds is 3. The Bertz CT molecular complexity index is 257. The molecule has 0 radical (unpaired) electrons.